The maximum Gasteiger partial charge on any atom is 0.252 e. The minimum Gasteiger partial charge on any atom is -0.369 e. The number of hydrogen-bond acceptors (Lipinski definition) is 3. The molecule has 1 aromatic carbocycles. The molecule has 0 saturated carbocycles. The molecule has 0 spiro atoms. The van der Waals surface area contributed by atoms with E-state index in [0.29, 0.717) is 5.69 Å². The molecule has 0 amide bonds. The largest absolute Gasteiger partial charge is 0.369 e. The Kier molecular flexibility index (Phi) is 3.38. The first-order valence-electron chi connectivity index (χ1n) is 5.38. The predicted molar refractivity (Wildman–Crippen MR) is 70.9 cm³/mol. The molecule has 0 radical (unpaired) electrons. The number of benzene rings is 1. The van der Waals surface area contributed by atoms with Gasteiger partial charge in [0.1, 0.15) is 0 Å². The summed E-state index contributed by atoms with van der Waals surface area (Å²) in [6, 6.07) is 10.8. The number of aryl methyl sites for hydroxylation is 1. The van der Waals surface area contributed by atoms with Crippen molar-refractivity contribution in [1.29, 1.82) is 0 Å². The van der Waals surface area contributed by atoms with Crippen LogP contribution in [0.1, 0.15) is 5.69 Å². The van der Waals surface area contributed by atoms with E-state index in [1.807, 2.05) is 30.3 Å². The summed E-state index contributed by atoms with van der Waals surface area (Å²) < 4.78 is 0. The number of aromatic amines is 1. The van der Waals surface area contributed by atoms with E-state index < -0.39 is 0 Å². The normalized spacial score (nSPS) is 11.3. The number of rotatable bonds is 2. The summed E-state index contributed by atoms with van der Waals surface area (Å²) in [6.07, 6.45) is 0. The van der Waals surface area contributed by atoms with Gasteiger partial charge in [0, 0.05) is 17.4 Å². The lowest BCUT2D eigenvalue weighted by molar-refractivity contribution is 1.05. The van der Waals surface area contributed by atoms with E-state index in [1.54, 1.807) is 6.92 Å². The standard InChI is InChI=1S/C12H13N5O/c1-8-7-10(18)16-12(14-8)17-11(13)15-9-5-3-2-4-6-9/h2-7H,1H3,(H4,13,14,15,16,17,18). The fraction of sp³-hybridized carbons (Fsp3) is 0.0833. The summed E-state index contributed by atoms with van der Waals surface area (Å²) in [4.78, 5) is 21.8. The van der Waals surface area contributed by atoms with Crippen LogP contribution in [-0.4, -0.2) is 15.9 Å². The van der Waals surface area contributed by atoms with E-state index in [9.17, 15) is 4.79 Å². The third-order valence-electron chi connectivity index (χ3n) is 2.13. The van der Waals surface area contributed by atoms with Crippen LogP contribution < -0.4 is 16.6 Å². The Bertz CT molecular complexity index is 618. The number of nitrogens with zero attached hydrogens (tertiary/aromatic N) is 2. The minimum absolute atomic E-state index is 0.162. The summed E-state index contributed by atoms with van der Waals surface area (Å²) >= 11 is 0. The average molecular weight is 243 g/mol. The van der Waals surface area contributed by atoms with Crippen LogP contribution in [0.5, 0.6) is 0 Å². The summed E-state index contributed by atoms with van der Waals surface area (Å²) in [5.74, 6) is 0.343. The van der Waals surface area contributed by atoms with Crippen LogP contribution in [0.3, 0.4) is 0 Å². The van der Waals surface area contributed by atoms with Crippen molar-refractivity contribution in [3.05, 3.63) is 52.4 Å². The molecule has 0 aliphatic rings. The molecule has 18 heavy (non-hydrogen) atoms. The monoisotopic (exact) mass is 243 g/mol. The molecule has 0 aliphatic carbocycles. The second-order valence-electron chi connectivity index (χ2n) is 3.70. The van der Waals surface area contributed by atoms with Gasteiger partial charge in [-0.1, -0.05) is 18.2 Å². The first-order valence-corrected chi connectivity index (χ1v) is 5.38. The summed E-state index contributed by atoms with van der Waals surface area (Å²) in [7, 11) is 0. The molecule has 0 unspecified atom stereocenters. The molecule has 0 aliphatic heterocycles. The Hall–Kier alpha value is -2.63. The third kappa shape index (κ3) is 3.18. The highest BCUT2D eigenvalue weighted by molar-refractivity contribution is 5.93. The van der Waals surface area contributed by atoms with Crippen LogP contribution in [0.15, 0.2) is 46.2 Å². The van der Waals surface area contributed by atoms with Gasteiger partial charge in [0.15, 0.2) is 0 Å². The van der Waals surface area contributed by atoms with Gasteiger partial charge in [-0.05, 0) is 19.1 Å². The van der Waals surface area contributed by atoms with Crippen LogP contribution in [0.2, 0.25) is 0 Å². The molecule has 0 bridgehead atoms. The SMILES string of the molecule is Cc1cc(=O)[nH]c(N=C(N)Nc2ccccc2)n1. The molecule has 1 aromatic heterocycles. The molecule has 0 atom stereocenters. The fourth-order valence-corrected chi connectivity index (χ4v) is 1.43. The number of para-hydroxylation sites is 1. The van der Waals surface area contributed by atoms with Crippen LogP contribution in [-0.2, 0) is 0 Å². The minimum atomic E-state index is -0.256. The lowest BCUT2D eigenvalue weighted by Gasteiger charge is -2.04. The van der Waals surface area contributed by atoms with E-state index in [0.717, 1.165) is 5.69 Å². The highest BCUT2D eigenvalue weighted by Gasteiger charge is 1.98. The topological polar surface area (TPSA) is 96.2 Å². The highest BCUT2D eigenvalue weighted by Crippen LogP contribution is 2.06. The Morgan fingerprint density at radius 3 is 2.78 bits per heavy atom. The zero-order valence-corrected chi connectivity index (χ0v) is 9.84. The number of hydrogen-bond donors (Lipinski definition) is 3. The van der Waals surface area contributed by atoms with Gasteiger partial charge in [-0.15, -0.1) is 0 Å². The van der Waals surface area contributed by atoms with Gasteiger partial charge < -0.3 is 11.1 Å². The molecule has 1 heterocycles. The first-order chi connectivity index (χ1) is 8.63. The highest BCUT2D eigenvalue weighted by atomic mass is 16.1. The van der Waals surface area contributed by atoms with Crippen molar-refractivity contribution in [3.63, 3.8) is 0 Å². The number of nitrogens with two attached hydrogens (primary N) is 1. The molecule has 0 fully saturated rings. The zero-order valence-electron chi connectivity index (χ0n) is 9.84. The molecular weight excluding hydrogens is 230 g/mol. The third-order valence-corrected chi connectivity index (χ3v) is 2.13. The Morgan fingerprint density at radius 2 is 2.11 bits per heavy atom. The number of nitrogens with one attached hydrogen (secondary N) is 2. The predicted octanol–water partition coefficient (Wildman–Crippen LogP) is 1.14. The van der Waals surface area contributed by atoms with Gasteiger partial charge in [0.2, 0.25) is 11.9 Å². The van der Waals surface area contributed by atoms with Crippen molar-refractivity contribution in [3.8, 4) is 0 Å². The Balaban J connectivity index is 2.20. The molecule has 4 N–H and O–H groups in total. The second-order valence-corrected chi connectivity index (χ2v) is 3.70. The van der Waals surface area contributed by atoms with Crippen LogP contribution in [0, 0.1) is 6.92 Å². The maximum absolute atomic E-state index is 11.2. The van der Waals surface area contributed by atoms with Crippen molar-refractivity contribution in [2.45, 2.75) is 6.92 Å². The van der Waals surface area contributed by atoms with E-state index >= 15 is 0 Å². The smallest absolute Gasteiger partial charge is 0.252 e. The summed E-state index contributed by atoms with van der Waals surface area (Å²) in [6.45, 7) is 1.72. The van der Waals surface area contributed by atoms with Crippen molar-refractivity contribution in [2.24, 2.45) is 10.7 Å². The van der Waals surface area contributed by atoms with Crippen LogP contribution >= 0.6 is 0 Å². The summed E-state index contributed by atoms with van der Waals surface area (Å²) in [5.41, 5.74) is 6.86. The Morgan fingerprint density at radius 1 is 1.39 bits per heavy atom. The summed E-state index contributed by atoms with van der Waals surface area (Å²) in [5, 5.41) is 2.90. The molecule has 6 heteroatoms. The van der Waals surface area contributed by atoms with Crippen molar-refractivity contribution in [2.75, 3.05) is 5.32 Å². The lowest BCUT2D eigenvalue weighted by atomic mass is 10.3. The van der Waals surface area contributed by atoms with Crippen molar-refractivity contribution >= 4 is 17.6 Å². The quantitative estimate of drug-likeness (QED) is 0.544. The number of anilines is 1. The number of aliphatic imine (C=N–C) groups is 1. The van der Waals surface area contributed by atoms with Gasteiger partial charge in [0.25, 0.3) is 5.56 Å². The second kappa shape index (κ2) is 5.13. The van der Waals surface area contributed by atoms with E-state index in [-0.39, 0.29) is 17.5 Å². The number of H-pyrrole nitrogens is 1. The average Bonchev–Trinajstić information content (AvgIpc) is 2.28. The van der Waals surface area contributed by atoms with Gasteiger partial charge in [-0.25, -0.2) is 4.98 Å². The molecule has 6 nitrogen and oxygen atoms in total. The molecular formula is C12H13N5O. The zero-order chi connectivity index (χ0) is 13.0. The van der Waals surface area contributed by atoms with Crippen molar-refractivity contribution in [1.82, 2.24) is 9.97 Å². The maximum atomic E-state index is 11.2. The lowest BCUT2D eigenvalue weighted by Crippen LogP contribution is -2.22. The van der Waals surface area contributed by atoms with Crippen LogP contribution in [0.4, 0.5) is 11.6 Å². The van der Waals surface area contributed by atoms with Gasteiger partial charge in [-0.2, -0.15) is 4.99 Å². The van der Waals surface area contributed by atoms with Gasteiger partial charge in [-0.3, -0.25) is 9.78 Å². The van der Waals surface area contributed by atoms with E-state index in [4.69, 9.17) is 5.73 Å². The van der Waals surface area contributed by atoms with Crippen LogP contribution in [0.25, 0.3) is 0 Å². The molecule has 92 valence electrons. The fourth-order valence-electron chi connectivity index (χ4n) is 1.43. The number of aromatic nitrogens is 2. The molecule has 2 rings (SSSR count). The first kappa shape index (κ1) is 11.8. The van der Waals surface area contributed by atoms with Crippen molar-refractivity contribution < 1.29 is 0 Å². The number of guanidine groups is 1. The van der Waals surface area contributed by atoms with Gasteiger partial charge >= 0.3 is 0 Å². The molecule has 0 saturated heterocycles. The van der Waals surface area contributed by atoms with E-state index in [2.05, 4.69) is 20.3 Å². The van der Waals surface area contributed by atoms with E-state index in [1.165, 1.54) is 6.07 Å². The van der Waals surface area contributed by atoms with Gasteiger partial charge in [0.05, 0.1) is 0 Å². The molecule has 2 aromatic rings. The Labute approximate surface area is 104 Å².